The van der Waals surface area contributed by atoms with Crippen molar-refractivity contribution in [2.45, 2.75) is 52.6 Å². The summed E-state index contributed by atoms with van der Waals surface area (Å²) >= 11 is 0. The fourth-order valence-corrected chi connectivity index (χ4v) is 1.13. The van der Waals surface area contributed by atoms with Crippen molar-refractivity contribution >= 4 is 0 Å². The van der Waals surface area contributed by atoms with Gasteiger partial charge in [-0.1, -0.05) is 33.6 Å². The van der Waals surface area contributed by atoms with Crippen LogP contribution in [0.1, 0.15) is 46.5 Å². The van der Waals surface area contributed by atoms with Crippen molar-refractivity contribution in [3.63, 3.8) is 0 Å². The first-order valence-electron chi connectivity index (χ1n) is 4.40. The average molecular weight is 144 g/mol. The Bertz CT molecular complexity index is 63.1. The third-order valence-corrected chi connectivity index (χ3v) is 1.82. The summed E-state index contributed by atoms with van der Waals surface area (Å²) in [5.41, 5.74) is 0. The van der Waals surface area contributed by atoms with Crippen LogP contribution in [0.15, 0.2) is 0 Å². The van der Waals surface area contributed by atoms with Crippen LogP contribution in [0.4, 0.5) is 0 Å². The Labute approximate surface area is 64.5 Å². The maximum absolute atomic E-state index is 9.00. The molecule has 1 saturated carbocycles. The lowest BCUT2D eigenvalue weighted by Crippen LogP contribution is -2.07. The molecule has 10 heavy (non-hydrogen) atoms. The van der Waals surface area contributed by atoms with E-state index in [2.05, 4.69) is 20.8 Å². The van der Waals surface area contributed by atoms with Crippen LogP contribution in [0.3, 0.4) is 0 Å². The number of aliphatic hydroxyl groups excluding tert-OH is 1. The molecule has 1 rings (SSSR count). The second-order valence-electron chi connectivity index (χ2n) is 3.18. The maximum atomic E-state index is 9.00. The Kier molecular flexibility index (Phi) is 5.70. The summed E-state index contributed by atoms with van der Waals surface area (Å²) in [7, 11) is 0. The molecule has 1 nitrogen and oxygen atoms in total. The SMILES string of the molecule is CCC.C[C@H]1CCC[C@@H]1O. The van der Waals surface area contributed by atoms with Crippen molar-refractivity contribution < 1.29 is 5.11 Å². The van der Waals surface area contributed by atoms with E-state index >= 15 is 0 Å². The molecular weight excluding hydrogens is 124 g/mol. The molecule has 2 atom stereocenters. The van der Waals surface area contributed by atoms with Gasteiger partial charge >= 0.3 is 0 Å². The molecule has 0 spiro atoms. The quantitative estimate of drug-likeness (QED) is 0.554. The van der Waals surface area contributed by atoms with Gasteiger partial charge in [-0.2, -0.15) is 0 Å². The van der Waals surface area contributed by atoms with Gasteiger partial charge in [-0.25, -0.2) is 0 Å². The largest absolute Gasteiger partial charge is 0.393 e. The van der Waals surface area contributed by atoms with E-state index in [-0.39, 0.29) is 6.10 Å². The van der Waals surface area contributed by atoms with E-state index in [1.54, 1.807) is 0 Å². The van der Waals surface area contributed by atoms with Crippen molar-refractivity contribution in [1.82, 2.24) is 0 Å². The second kappa shape index (κ2) is 5.72. The summed E-state index contributed by atoms with van der Waals surface area (Å²) < 4.78 is 0. The third-order valence-electron chi connectivity index (χ3n) is 1.82. The topological polar surface area (TPSA) is 20.2 Å². The van der Waals surface area contributed by atoms with E-state index in [4.69, 9.17) is 5.11 Å². The summed E-state index contributed by atoms with van der Waals surface area (Å²) in [6, 6.07) is 0. The van der Waals surface area contributed by atoms with Crippen LogP contribution < -0.4 is 0 Å². The Morgan fingerprint density at radius 3 is 1.90 bits per heavy atom. The summed E-state index contributed by atoms with van der Waals surface area (Å²) in [6.07, 6.45) is 4.74. The summed E-state index contributed by atoms with van der Waals surface area (Å²) in [6.45, 7) is 6.36. The normalized spacial score (nSPS) is 31.2. The summed E-state index contributed by atoms with van der Waals surface area (Å²) in [5.74, 6) is 0.569. The number of aliphatic hydroxyl groups is 1. The van der Waals surface area contributed by atoms with Crippen LogP contribution in [0, 0.1) is 5.92 Å². The van der Waals surface area contributed by atoms with Crippen molar-refractivity contribution in [2.24, 2.45) is 5.92 Å². The molecule has 1 aliphatic carbocycles. The molecule has 0 heterocycles. The number of rotatable bonds is 0. The van der Waals surface area contributed by atoms with Crippen molar-refractivity contribution in [1.29, 1.82) is 0 Å². The Balaban J connectivity index is 0.000000236. The molecule has 0 aliphatic heterocycles. The molecule has 0 saturated heterocycles. The van der Waals surface area contributed by atoms with E-state index in [0.29, 0.717) is 5.92 Å². The average Bonchev–Trinajstić information content (AvgIpc) is 2.19. The van der Waals surface area contributed by atoms with Crippen LogP contribution in [0.25, 0.3) is 0 Å². The highest BCUT2D eigenvalue weighted by molar-refractivity contribution is 4.71. The smallest absolute Gasteiger partial charge is 0.0565 e. The molecule has 0 aromatic rings. The predicted octanol–water partition coefficient (Wildman–Crippen LogP) is 2.58. The van der Waals surface area contributed by atoms with E-state index in [0.717, 1.165) is 6.42 Å². The van der Waals surface area contributed by atoms with Gasteiger partial charge < -0.3 is 5.11 Å². The highest BCUT2D eigenvalue weighted by atomic mass is 16.3. The second-order valence-corrected chi connectivity index (χ2v) is 3.18. The van der Waals surface area contributed by atoms with Gasteiger partial charge in [-0.15, -0.1) is 0 Å². The molecular formula is C9H20O. The molecule has 0 aromatic carbocycles. The minimum absolute atomic E-state index is 0.0139. The zero-order chi connectivity index (χ0) is 7.98. The minimum atomic E-state index is 0.0139. The van der Waals surface area contributed by atoms with Crippen LogP contribution in [-0.4, -0.2) is 11.2 Å². The lowest BCUT2D eigenvalue weighted by Gasteiger charge is -2.04. The van der Waals surface area contributed by atoms with Gasteiger partial charge in [-0.3, -0.25) is 0 Å². The first-order chi connectivity index (χ1) is 4.72. The molecule has 1 heteroatoms. The van der Waals surface area contributed by atoms with Gasteiger partial charge in [0.2, 0.25) is 0 Å². The monoisotopic (exact) mass is 144 g/mol. The number of hydrogen-bond acceptors (Lipinski definition) is 1. The first-order valence-corrected chi connectivity index (χ1v) is 4.40. The first kappa shape index (κ1) is 9.96. The molecule has 62 valence electrons. The highest BCUT2D eigenvalue weighted by Gasteiger charge is 2.19. The summed E-state index contributed by atoms with van der Waals surface area (Å²) in [4.78, 5) is 0. The molecule has 0 amide bonds. The van der Waals surface area contributed by atoms with Crippen molar-refractivity contribution in [2.75, 3.05) is 0 Å². The Hall–Kier alpha value is -0.0400. The van der Waals surface area contributed by atoms with Crippen LogP contribution >= 0.6 is 0 Å². The number of hydrogen-bond donors (Lipinski definition) is 1. The zero-order valence-corrected chi connectivity index (χ0v) is 7.43. The lowest BCUT2D eigenvalue weighted by atomic mass is 10.1. The molecule has 1 N–H and O–H groups in total. The molecule has 0 bridgehead atoms. The van der Waals surface area contributed by atoms with Gasteiger partial charge in [-0.05, 0) is 18.8 Å². The van der Waals surface area contributed by atoms with Crippen LogP contribution in [0.2, 0.25) is 0 Å². The molecule has 1 aliphatic rings. The van der Waals surface area contributed by atoms with Crippen LogP contribution in [-0.2, 0) is 0 Å². The van der Waals surface area contributed by atoms with Crippen molar-refractivity contribution in [3.8, 4) is 0 Å². The Morgan fingerprint density at radius 2 is 1.80 bits per heavy atom. The fraction of sp³-hybridized carbons (Fsp3) is 1.00. The molecule has 0 unspecified atom stereocenters. The molecule has 0 radical (unpaired) electrons. The lowest BCUT2D eigenvalue weighted by molar-refractivity contribution is 0.141. The van der Waals surface area contributed by atoms with Crippen molar-refractivity contribution in [3.05, 3.63) is 0 Å². The van der Waals surface area contributed by atoms with Crippen LogP contribution in [0.5, 0.6) is 0 Å². The van der Waals surface area contributed by atoms with Gasteiger partial charge in [0.1, 0.15) is 0 Å². The van der Waals surface area contributed by atoms with Gasteiger partial charge in [0.15, 0.2) is 0 Å². The standard InChI is InChI=1S/C6H12O.C3H8/c1-5-3-2-4-6(5)7;1-3-2/h5-7H,2-4H2,1H3;3H2,1-2H3/t5-,6-;/m0./s1. The van der Waals surface area contributed by atoms with Gasteiger partial charge in [0, 0.05) is 0 Å². The maximum Gasteiger partial charge on any atom is 0.0565 e. The highest BCUT2D eigenvalue weighted by Crippen LogP contribution is 2.23. The minimum Gasteiger partial charge on any atom is -0.393 e. The molecule has 1 fully saturated rings. The fourth-order valence-electron chi connectivity index (χ4n) is 1.13. The van der Waals surface area contributed by atoms with E-state index < -0.39 is 0 Å². The Morgan fingerprint density at radius 1 is 1.30 bits per heavy atom. The molecule has 0 aromatic heterocycles. The van der Waals surface area contributed by atoms with E-state index in [1.165, 1.54) is 19.3 Å². The summed E-state index contributed by atoms with van der Waals surface area (Å²) in [5, 5.41) is 9.00. The van der Waals surface area contributed by atoms with E-state index in [9.17, 15) is 0 Å². The zero-order valence-electron chi connectivity index (χ0n) is 7.43. The predicted molar refractivity (Wildman–Crippen MR) is 45.0 cm³/mol. The van der Waals surface area contributed by atoms with Gasteiger partial charge in [0.25, 0.3) is 0 Å². The van der Waals surface area contributed by atoms with E-state index in [1.807, 2.05) is 0 Å². The van der Waals surface area contributed by atoms with Gasteiger partial charge in [0.05, 0.1) is 6.10 Å². The third kappa shape index (κ3) is 3.89.